The van der Waals surface area contributed by atoms with Crippen molar-refractivity contribution in [3.63, 3.8) is 0 Å². The molecule has 17 heavy (non-hydrogen) atoms. The largest absolute Gasteiger partial charge is 0.298 e. The zero-order chi connectivity index (χ0) is 12.4. The predicted molar refractivity (Wildman–Crippen MR) is 70.8 cm³/mol. The van der Waals surface area contributed by atoms with Gasteiger partial charge in [-0.25, -0.2) is 0 Å². The lowest BCUT2D eigenvalue weighted by Gasteiger charge is -2.03. The van der Waals surface area contributed by atoms with Crippen molar-refractivity contribution >= 4 is 29.2 Å². The zero-order valence-electron chi connectivity index (χ0n) is 9.68. The summed E-state index contributed by atoms with van der Waals surface area (Å²) in [5.74, 6) is 0.494. The molecule has 0 aliphatic carbocycles. The van der Waals surface area contributed by atoms with Crippen LogP contribution in [0.25, 0.3) is 11.3 Å². The maximum absolute atomic E-state index is 11.0. The van der Waals surface area contributed by atoms with Gasteiger partial charge in [0.1, 0.15) is 5.69 Å². The lowest BCUT2D eigenvalue weighted by molar-refractivity contribution is 0.112. The summed E-state index contributed by atoms with van der Waals surface area (Å²) in [4.78, 5) is 11.0. The number of halogens is 1. The Morgan fingerprint density at radius 3 is 2.88 bits per heavy atom. The molecule has 0 saturated carbocycles. The first kappa shape index (κ1) is 12.3. The van der Waals surface area contributed by atoms with Gasteiger partial charge in [-0.05, 0) is 12.0 Å². The lowest BCUT2D eigenvalue weighted by atomic mass is 10.2. The van der Waals surface area contributed by atoms with Gasteiger partial charge < -0.3 is 0 Å². The zero-order valence-corrected chi connectivity index (χ0v) is 11.3. The van der Waals surface area contributed by atoms with Crippen molar-refractivity contribution < 1.29 is 4.79 Å². The fourth-order valence-corrected chi connectivity index (χ4v) is 2.51. The minimum absolute atomic E-state index is 0.494. The maximum Gasteiger partial charge on any atom is 0.153 e. The van der Waals surface area contributed by atoms with Gasteiger partial charge in [0.05, 0.1) is 9.90 Å². The van der Waals surface area contributed by atoms with Crippen LogP contribution < -0.4 is 0 Å². The van der Waals surface area contributed by atoms with Crippen LogP contribution in [-0.4, -0.2) is 16.1 Å². The molecule has 0 aliphatic rings. The molecule has 2 aromatic rings. The SMILES string of the molecule is CC(C)Cn1cc(C=O)c(-c2csc(Cl)c2)n1. The highest BCUT2D eigenvalue weighted by molar-refractivity contribution is 7.14. The molecule has 3 nitrogen and oxygen atoms in total. The molecule has 90 valence electrons. The number of thiophene rings is 1. The Morgan fingerprint density at radius 2 is 2.35 bits per heavy atom. The number of hydrogen-bond acceptors (Lipinski definition) is 3. The monoisotopic (exact) mass is 268 g/mol. The lowest BCUT2D eigenvalue weighted by Crippen LogP contribution is -2.04. The van der Waals surface area contributed by atoms with E-state index in [0.717, 1.165) is 18.4 Å². The van der Waals surface area contributed by atoms with Crippen LogP contribution in [0.5, 0.6) is 0 Å². The summed E-state index contributed by atoms with van der Waals surface area (Å²) in [6.07, 6.45) is 2.62. The highest BCUT2D eigenvalue weighted by Crippen LogP contribution is 2.29. The van der Waals surface area contributed by atoms with E-state index in [1.165, 1.54) is 11.3 Å². The van der Waals surface area contributed by atoms with Crippen molar-refractivity contribution in [1.82, 2.24) is 9.78 Å². The number of rotatable bonds is 4. The van der Waals surface area contributed by atoms with Gasteiger partial charge in [0.2, 0.25) is 0 Å². The van der Waals surface area contributed by atoms with Gasteiger partial charge in [-0.15, -0.1) is 11.3 Å². The second-order valence-electron chi connectivity index (χ2n) is 4.31. The molecular formula is C12H13ClN2OS. The average Bonchev–Trinajstić information content (AvgIpc) is 2.83. The molecule has 0 fully saturated rings. The summed E-state index contributed by atoms with van der Waals surface area (Å²) in [6.45, 7) is 5.03. The summed E-state index contributed by atoms with van der Waals surface area (Å²) in [6, 6.07) is 1.83. The van der Waals surface area contributed by atoms with E-state index in [-0.39, 0.29) is 0 Å². The summed E-state index contributed by atoms with van der Waals surface area (Å²) >= 11 is 7.33. The van der Waals surface area contributed by atoms with Gasteiger partial charge in [0, 0.05) is 23.7 Å². The minimum atomic E-state index is 0.494. The van der Waals surface area contributed by atoms with E-state index in [1.807, 2.05) is 16.1 Å². The van der Waals surface area contributed by atoms with Crippen LogP contribution in [0.4, 0.5) is 0 Å². The Labute approximate surface area is 109 Å². The van der Waals surface area contributed by atoms with E-state index in [0.29, 0.717) is 21.5 Å². The summed E-state index contributed by atoms with van der Waals surface area (Å²) in [5.41, 5.74) is 2.23. The van der Waals surface area contributed by atoms with E-state index in [9.17, 15) is 4.79 Å². The standard InChI is InChI=1S/C12H13ClN2OS/c1-8(2)4-15-5-10(6-16)12(14-15)9-3-11(13)17-7-9/h3,5-8H,4H2,1-2H3. The third-order valence-electron chi connectivity index (χ3n) is 2.31. The van der Waals surface area contributed by atoms with Crippen molar-refractivity contribution in [3.05, 3.63) is 27.5 Å². The molecule has 0 atom stereocenters. The van der Waals surface area contributed by atoms with Crippen LogP contribution in [0.2, 0.25) is 4.34 Å². The van der Waals surface area contributed by atoms with Gasteiger partial charge >= 0.3 is 0 Å². The highest BCUT2D eigenvalue weighted by Gasteiger charge is 2.12. The second-order valence-corrected chi connectivity index (χ2v) is 5.85. The molecular weight excluding hydrogens is 256 g/mol. The van der Waals surface area contributed by atoms with Crippen LogP contribution in [0, 0.1) is 5.92 Å². The van der Waals surface area contributed by atoms with E-state index in [4.69, 9.17) is 11.6 Å². The Morgan fingerprint density at radius 1 is 1.59 bits per heavy atom. The summed E-state index contributed by atoms with van der Waals surface area (Å²) < 4.78 is 2.52. The maximum atomic E-state index is 11.0. The predicted octanol–water partition coefficient (Wildman–Crippen LogP) is 3.73. The Balaban J connectivity index is 2.39. The minimum Gasteiger partial charge on any atom is -0.298 e. The molecule has 0 spiro atoms. The van der Waals surface area contributed by atoms with Gasteiger partial charge in [-0.1, -0.05) is 25.4 Å². The van der Waals surface area contributed by atoms with Gasteiger partial charge in [-0.3, -0.25) is 9.48 Å². The van der Waals surface area contributed by atoms with Crippen molar-refractivity contribution in [1.29, 1.82) is 0 Å². The van der Waals surface area contributed by atoms with E-state index in [1.54, 1.807) is 6.20 Å². The molecule has 5 heteroatoms. The summed E-state index contributed by atoms with van der Waals surface area (Å²) in [5, 5.41) is 6.35. The Bertz CT molecular complexity index is 530. The Kier molecular flexibility index (Phi) is 3.64. The van der Waals surface area contributed by atoms with Crippen LogP contribution in [0.3, 0.4) is 0 Å². The molecule has 0 bridgehead atoms. The number of carbonyl (C=O) groups excluding carboxylic acids is 1. The molecule has 0 saturated heterocycles. The summed E-state index contributed by atoms with van der Waals surface area (Å²) in [7, 11) is 0. The second kappa shape index (κ2) is 5.02. The first-order valence-electron chi connectivity index (χ1n) is 5.37. The molecule has 0 amide bonds. The third-order valence-corrected chi connectivity index (χ3v) is 3.40. The number of nitrogens with zero attached hydrogens (tertiary/aromatic N) is 2. The molecule has 0 unspecified atom stereocenters. The van der Waals surface area contributed by atoms with Gasteiger partial charge in [-0.2, -0.15) is 5.10 Å². The van der Waals surface area contributed by atoms with Crippen LogP contribution >= 0.6 is 22.9 Å². The molecule has 0 radical (unpaired) electrons. The number of aromatic nitrogens is 2. The fraction of sp³-hybridized carbons (Fsp3) is 0.333. The third kappa shape index (κ3) is 2.76. The van der Waals surface area contributed by atoms with Gasteiger partial charge in [0.15, 0.2) is 6.29 Å². The first-order chi connectivity index (χ1) is 8.10. The molecule has 0 N–H and O–H groups in total. The molecule has 0 aromatic carbocycles. The number of hydrogen-bond donors (Lipinski definition) is 0. The average molecular weight is 269 g/mol. The van der Waals surface area contributed by atoms with E-state index >= 15 is 0 Å². The van der Waals surface area contributed by atoms with Crippen molar-refractivity contribution in [2.75, 3.05) is 0 Å². The number of aldehydes is 1. The topological polar surface area (TPSA) is 34.9 Å². The van der Waals surface area contributed by atoms with Crippen LogP contribution in [0.1, 0.15) is 24.2 Å². The van der Waals surface area contributed by atoms with Crippen LogP contribution in [0.15, 0.2) is 17.6 Å². The number of carbonyl (C=O) groups is 1. The molecule has 2 heterocycles. The molecule has 2 aromatic heterocycles. The van der Waals surface area contributed by atoms with Crippen molar-refractivity contribution in [3.8, 4) is 11.3 Å². The molecule has 2 rings (SSSR count). The van der Waals surface area contributed by atoms with Crippen LogP contribution in [-0.2, 0) is 6.54 Å². The van der Waals surface area contributed by atoms with E-state index < -0.39 is 0 Å². The molecule has 0 aliphatic heterocycles. The normalized spacial score (nSPS) is 11.1. The van der Waals surface area contributed by atoms with E-state index in [2.05, 4.69) is 18.9 Å². The fourth-order valence-electron chi connectivity index (χ4n) is 1.65. The smallest absolute Gasteiger partial charge is 0.153 e. The quantitative estimate of drug-likeness (QED) is 0.792. The highest BCUT2D eigenvalue weighted by atomic mass is 35.5. The van der Waals surface area contributed by atoms with Crippen molar-refractivity contribution in [2.24, 2.45) is 5.92 Å². The van der Waals surface area contributed by atoms with Gasteiger partial charge in [0.25, 0.3) is 0 Å². The Hall–Kier alpha value is -1.13. The first-order valence-corrected chi connectivity index (χ1v) is 6.63. The van der Waals surface area contributed by atoms with Crippen molar-refractivity contribution in [2.45, 2.75) is 20.4 Å².